The Morgan fingerprint density at radius 1 is 1.18 bits per heavy atom. The Labute approximate surface area is 226 Å². The molecule has 1 aliphatic heterocycles. The van der Waals surface area contributed by atoms with E-state index in [9.17, 15) is 18.0 Å². The summed E-state index contributed by atoms with van der Waals surface area (Å²) in [6.07, 6.45) is 1.80. The van der Waals surface area contributed by atoms with Crippen molar-refractivity contribution < 1.29 is 18.0 Å². The third-order valence-corrected chi connectivity index (χ3v) is 7.13. The number of aryl methyl sites for hydroxylation is 2. The number of hydrogen-bond donors (Lipinski definition) is 3. The van der Waals surface area contributed by atoms with Gasteiger partial charge in [-0.1, -0.05) is 6.08 Å². The number of nitrogens with one attached hydrogen (secondary N) is 3. The second-order valence-electron chi connectivity index (χ2n) is 8.30. The van der Waals surface area contributed by atoms with Crippen molar-refractivity contribution in [2.75, 3.05) is 25.5 Å². The Morgan fingerprint density at radius 2 is 1.95 bits per heavy atom. The monoisotopic (exact) mass is 561 g/mol. The molecule has 0 aromatic carbocycles. The van der Waals surface area contributed by atoms with Crippen molar-refractivity contribution in [3.8, 4) is 10.6 Å². The number of carbonyl (C=O) groups excluding carboxylic acids is 1. The fraction of sp³-hybridized carbons (Fsp3) is 0.280. The van der Waals surface area contributed by atoms with Gasteiger partial charge in [0.25, 0.3) is 0 Å². The summed E-state index contributed by atoms with van der Waals surface area (Å²) in [6.45, 7) is 5.47. The van der Waals surface area contributed by atoms with E-state index in [2.05, 4.69) is 25.2 Å². The van der Waals surface area contributed by atoms with Crippen molar-refractivity contribution in [3.05, 3.63) is 63.8 Å². The Hall–Kier alpha value is -3.55. The van der Waals surface area contributed by atoms with Gasteiger partial charge in [-0.3, -0.25) is 10.2 Å². The van der Waals surface area contributed by atoms with Crippen LogP contribution in [-0.2, 0) is 0 Å². The van der Waals surface area contributed by atoms with E-state index in [0.29, 0.717) is 30.4 Å². The molecule has 13 heteroatoms. The largest absolute Gasteiger partial charge is 0.432 e. The molecule has 38 heavy (non-hydrogen) atoms. The number of nitrogens with zero attached hydrogens (tertiary/aromatic N) is 4. The van der Waals surface area contributed by atoms with Gasteiger partial charge in [0.1, 0.15) is 11.5 Å². The molecule has 4 heterocycles. The Balaban J connectivity index is 0.000000216. The number of aldehydes is 1. The molecule has 3 aromatic heterocycles. The number of aromatic nitrogens is 3. The van der Waals surface area contributed by atoms with Crippen LogP contribution in [-0.4, -0.2) is 63.9 Å². The molecular formula is C25H26F3N7OS2. The van der Waals surface area contributed by atoms with Crippen molar-refractivity contribution in [1.29, 1.82) is 10.8 Å². The quantitative estimate of drug-likeness (QED) is 0.232. The van der Waals surface area contributed by atoms with Crippen LogP contribution < -0.4 is 5.32 Å². The van der Waals surface area contributed by atoms with E-state index in [1.165, 1.54) is 17.5 Å². The van der Waals surface area contributed by atoms with Gasteiger partial charge in [-0.15, -0.1) is 22.7 Å². The maximum atomic E-state index is 12.0. The van der Waals surface area contributed by atoms with Gasteiger partial charge in [-0.2, -0.15) is 13.2 Å². The lowest BCUT2D eigenvalue weighted by molar-refractivity contribution is -0.0584. The third kappa shape index (κ3) is 8.23. The maximum absolute atomic E-state index is 12.0. The third-order valence-electron chi connectivity index (χ3n) is 5.28. The second-order valence-corrected chi connectivity index (χ2v) is 10.4. The summed E-state index contributed by atoms with van der Waals surface area (Å²) in [4.78, 5) is 26.9. The number of halogens is 3. The van der Waals surface area contributed by atoms with Crippen molar-refractivity contribution in [1.82, 2.24) is 19.9 Å². The molecule has 200 valence electrons. The highest BCUT2D eigenvalue weighted by Gasteiger charge is 2.32. The highest BCUT2D eigenvalue weighted by molar-refractivity contribution is 7.16. The van der Waals surface area contributed by atoms with E-state index in [1.807, 2.05) is 32.4 Å². The zero-order valence-electron chi connectivity index (χ0n) is 20.9. The van der Waals surface area contributed by atoms with Gasteiger partial charge in [0, 0.05) is 30.2 Å². The molecule has 0 unspecified atom stereocenters. The van der Waals surface area contributed by atoms with Crippen molar-refractivity contribution in [2.45, 2.75) is 26.4 Å². The first kappa shape index (κ1) is 29.0. The first-order valence-corrected chi connectivity index (χ1v) is 13.0. The Kier molecular flexibility index (Phi) is 9.78. The standard InChI is InChI=1S/C14H12N4OS2.C11H14F3N3/c1-8-13(21-9(2)16-8)11-7-20-14(17-11)18-12-4-3-10(6-19)5-15-12;1-17-6-4-8(5-7-17)9(15)2-3-10(16)11(12,13)14/h3-7H,1-2H3,(H,15,17,18);2-4,15-16H,5-7H2,1H3/b;3-2-,15-9?,16-10?. The predicted octanol–water partition coefficient (Wildman–Crippen LogP) is 6.24. The molecule has 3 aromatic rings. The molecule has 4 rings (SSSR count). The number of pyridine rings is 1. The van der Waals surface area contributed by atoms with Gasteiger partial charge in [-0.05, 0) is 57.2 Å². The molecule has 0 atom stereocenters. The minimum Gasteiger partial charge on any atom is -0.316 e. The number of carbonyl (C=O) groups is 1. The summed E-state index contributed by atoms with van der Waals surface area (Å²) in [7, 11) is 1.94. The lowest BCUT2D eigenvalue weighted by Gasteiger charge is -2.21. The topological polar surface area (TPSA) is 119 Å². The zero-order chi connectivity index (χ0) is 27.9. The van der Waals surface area contributed by atoms with Crippen LogP contribution in [0.5, 0.6) is 0 Å². The van der Waals surface area contributed by atoms with E-state index >= 15 is 0 Å². The number of allylic oxidation sites excluding steroid dienone is 2. The highest BCUT2D eigenvalue weighted by atomic mass is 32.1. The van der Waals surface area contributed by atoms with Crippen LogP contribution in [0.4, 0.5) is 24.1 Å². The van der Waals surface area contributed by atoms with Gasteiger partial charge in [0.05, 0.1) is 27.0 Å². The van der Waals surface area contributed by atoms with Crippen LogP contribution in [0.3, 0.4) is 0 Å². The summed E-state index contributed by atoms with van der Waals surface area (Å²) >= 11 is 3.16. The Morgan fingerprint density at radius 3 is 2.50 bits per heavy atom. The van der Waals surface area contributed by atoms with E-state index in [1.54, 1.807) is 23.5 Å². The minimum atomic E-state index is -4.64. The molecule has 0 saturated carbocycles. The van der Waals surface area contributed by atoms with Gasteiger partial charge >= 0.3 is 6.18 Å². The van der Waals surface area contributed by atoms with Gasteiger partial charge in [0.15, 0.2) is 11.4 Å². The van der Waals surface area contributed by atoms with Crippen LogP contribution in [0.2, 0.25) is 0 Å². The number of thiazole rings is 2. The molecule has 0 aliphatic carbocycles. The van der Waals surface area contributed by atoms with Crippen LogP contribution in [0.25, 0.3) is 10.6 Å². The zero-order valence-corrected chi connectivity index (χ0v) is 22.5. The number of anilines is 2. The van der Waals surface area contributed by atoms with Crippen LogP contribution in [0, 0.1) is 24.7 Å². The summed E-state index contributed by atoms with van der Waals surface area (Å²) in [6, 6.07) is 3.47. The Bertz CT molecular complexity index is 1360. The van der Waals surface area contributed by atoms with E-state index in [-0.39, 0.29) is 5.71 Å². The maximum Gasteiger partial charge on any atom is 0.432 e. The fourth-order valence-corrected chi connectivity index (χ4v) is 4.91. The lowest BCUT2D eigenvalue weighted by atomic mass is 10.0. The molecule has 0 fully saturated rings. The van der Waals surface area contributed by atoms with Gasteiger partial charge in [-0.25, -0.2) is 15.0 Å². The molecular weight excluding hydrogens is 535 g/mol. The average Bonchev–Trinajstić information content (AvgIpc) is 3.48. The summed E-state index contributed by atoms with van der Waals surface area (Å²) in [5.74, 6) is 0.665. The summed E-state index contributed by atoms with van der Waals surface area (Å²) < 4.78 is 36.1. The van der Waals surface area contributed by atoms with Crippen LogP contribution in [0.1, 0.15) is 27.5 Å². The van der Waals surface area contributed by atoms with Crippen molar-refractivity contribution in [2.24, 2.45) is 0 Å². The molecule has 0 radical (unpaired) electrons. The molecule has 1 aliphatic rings. The smallest absolute Gasteiger partial charge is 0.316 e. The van der Waals surface area contributed by atoms with Crippen LogP contribution >= 0.6 is 22.7 Å². The minimum absolute atomic E-state index is 0.0482. The summed E-state index contributed by atoms with van der Waals surface area (Å²) in [5, 5.41) is 21.3. The van der Waals surface area contributed by atoms with Gasteiger partial charge in [0.2, 0.25) is 0 Å². The number of likely N-dealkylation sites (N-methyl/N-ethyl adjacent to an activating group) is 1. The molecule has 8 nitrogen and oxygen atoms in total. The van der Waals surface area contributed by atoms with Crippen molar-refractivity contribution >= 4 is 51.3 Å². The molecule has 0 spiro atoms. The van der Waals surface area contributed by atoms with Crippen LogP contribution in [0.15, 0.2) is 47.5 Å². The van der Waals surface area contributed by atoms with E-state index < -0.39 is 11.9 Å². The van der Waals surface area contributed by atoms with E-state index in [0.717, 1.165) is 50.9 Å². The first-order valence-electron chi connectivity index (χ1n) is 11.3. The average molecular weight is 562 g/mol. The molecule has 0 amide bonds. The normalized spacial score (nSPS) is 14.0. The lowest BCUT2D eigenvalue weighted by Crippen LogP contribution is -2.26. The fourth-order valence-electron chi connectivity index (χ4n) is 3.25. The molecule has 0 bridgehead atoms. The molecule has 0 saturated heterocycles. The number of hydrogen-bond acceptors (Lipinski definition) is 10. The first-order chi connectivity index (χ1) is 18.0. The molecule has 3 N–H and O–H groups in total. The summed E-state index contributed by atoms with van der Waals surface area (Å²) in [5.41, 5.74) is 1.83. The SMILES string of the molecule is CN1CC=C(C(=N)/C=C\C(=N)C(F)(F)F)CC1.Cc1nc(C)c(-c2csc(Nc3ccc(C=O)cn3)n2)s1. The van der Waals surface area contributed by atoms with Gasteiger partial charge < -0.3 is 15.6 Å². The second kappa shape index (κ2) is 12.8. The van der Waals surface area contributed by atoms with Crippen molar-refractivity contribution in [3.63, 3.8) is 0 Å². The van der Waals surface area contributed by atoms with E-state index in [4.69, 9.17) is 10.8 Å². The predicted molar refractivity (Wildman–Crippen MR) is 146 cm³/mol. The highest BCUT2D eigenvalue weighted by Crippen LogP contribution is 2.32. The number of rotatable bonds is 7. The number of alkyl halides is 3.